The van der Waals surface area contributed by atoms with Crippen LogP contribution >= 0.6 is 0 Å². The van der Waals surface area contributed by atoms with Crippen molar-refractivity contribution in [2.75, 3.05) is 6.61 Å². The van der Waals surface area contributed by atoms with Gasteiger partial charge in [-0.3, -0.25) is 19.2 Å². The van der Waals surface area contributed by atoms with Gasteiger partial charge in [-0.05, 0) is 60.4 Å². The van der Waals surface area contributed by atoms with E-state index in [1.807, 2.05) is 38.1 Å². The average molecular weight is 603 g/mol. The zero-order valence-electron chi connectivity index (χ0n) is 25.6. The van der Waals surface area contributed by atoms with E-state index < -0.39 is 50.9 Å². The molecule has 2 aromatic carbocycles. The minimum absolute atomic E-state index is 0.0308. The normalized spacial score (nSPS) is 26.3. The third-order valence-electron chi connectivity index (χ3n) is 9.37. The predicted molar refractivity (Wildman–Crippen MR) is 162 cm³/mol. The van der Waals surface area contributed by atoms with E-state index in [0.29, 0.717) is 24.2 Å². The van der Waals surface area contributed by atoms with Gasteiger partial charge >= 0.3 is 5.97 Å². The molecule has 4 N–H and O–H groups in total. The van der Waals surface area contributed by atoms with E-state index in [0.717, 1.165) is 18.1 Å². The largest absolute Gasteiger partial charge is 0.508 e. The Bertz CT molecular complexity index is 1660. The first-order valence-electron chi connectivity index (χ1n) is 14.8. The van der Waals surface area contributed by atoms with Gasteiger partial charge in [0.2, 0.25) is 5.78 Å². The van der Waals surface area contributed by atoms with Crippen molar-refractivity contribution in [3.8, 4) is 16.9 Å². The molecule has 0 bridgehead atoms. The molecule has 44 heavy (non-hydrogen) atoms. The number of ether oxygens (including phenoxy) is 1. The number of aliphatic hydroxyl groups is 3. The van der Waals surface area contributed by atoms with Gasteiger partial charge in [0.15, 0.2) is 17.2 Å². The summed E-state index contributed by atoms with van der Waals surface area (Å²) in [4.78, 5) is 51.3. The van der Waals surface area contributed by atoms with Gasteiger partial charge in [0, 0.05) is 29.2 Å². The minimum atomic E-state index is -2.60. The van der Waals surface area contributed by atoms with Crippen LogP contribution in [0.2, 0.25) is 0 Å². The van der Waals surface area contributed by atoms with Crippen LogP contribution in [-0.2, 0) is 36.8 Å². The number of carbonyl (C=O) groups excluding carboxylic acids is 4. The third-order valence-corrected chi connectivity index (χ3v) is 9.37. The maximum atomic E-state index is 14.1. The maximum Gasteiger partial charge on any atom is 0.306 e. The van der Waals surface area contributed by atoms with Crippen molar-refractivity contribution in [1.82, 2.24) is 0 Å². The monoisotopic (exact) mass is 602 g/mol. The van der Waals surface area contributed by atoms with Gasteiger partial charge in [0.05, 0.1) is 12.2 Å². The highest BCUT2D eigenvalue weighted by molar-refractivity contribution is 6.23. The van der Waals surface area contributed by atoms with Crippen LogP contribution in [0.15, 0.2) is 53.3 Å². The second-order valence-corrected chi connectivity index (χ2v) is 13.4. The Kier molecular flexibility index (Phi) is 7.61. The molecule has 0 aliphatic heterocycles. The van der Waals surface area contributed by atoms with Crippen LogP contribution in [0.25, 0.3) is 16.9 Å². The number of allylic oxidation sites excluding steroid dienone is 1. The number of Topliss-reactive ketones (excluding diaryl/α,β-unsaturated/α-hetero) is 3. The number of phenols is 1. The lowest BCUT2D eigenvalue weighted by Gasteiger charge is -2.56. The molecule has 1 fully saturated rings. The minimum Gasteiger partial charge on any atom is -0.508 e. The highest BCUT2D eigenvalue weighted by Crippen LogP contribution is 2.63. The van der Waals surface area contributed by atoms with Crippen LogP contribution in [-0.4, -0.2) is 56.0 Å². The van der Waals surface area contributed by atoms with E-state index >= 15 is 0 Å². The number of esters is 1. The summed E-state index contributed by atoms with van der Waals surface area (Å²) >= 11 is 0. The first kappa shape index (κ1) is 31.2. The standard InChI is InChI=1S/C35H38O9/c1-18(2)16-44-26(39)13-8-20-6-9-21(10-7-20)22-11-12-24(37)28-23(22)14-33(4)17-34(5)15-25(38)27(19(3)36)31(41)35(34,43)32(42)29(33)30(28)40/h6-7,9-12,18,37,40-41,43H,8,13-17H2,1-5H3/t33-,34+,35+/m0/s1. The van der Waals surface area contributed by atoms with Gasteiger partial charge in [-0.2, -0.15) is 0 Å². The first-order valence-corrected chi connectivity index (χ1v) is 14.8. The van der Waals surface area contributed by atoms with Crippen LogP contribution in [0.3, 0.4) is 0 Å². The van der Waals surface area contributed by atoms with Crippen molar-refractivity contribution in [2.45, 2.75) is 72.3 Å². The summed E-state index contributed by atoms with van der Waals surface area (Å²) < 4.78 is 5.26. The zero-order valence-corrected chi connectivity index (χ0v) is 25.6. The number of fused-ring (bicyclic) bond motifs is 3. The SMILES string of the molecule is CC(=O)C1=C(O)[C@@]2(O)C(=O)C3=C(O)c4c(O)ccc(-c5ccc(CCC(=O)OCC(C)C)cc5)c4C[C@@]3(C)C[C@@]2(C)CC1=O. The summed E-state index contributed by atoms with van der Waals surface area (Å²) in [5, 5.41) is 45.3. The molecule has 232 valence electrons. The molecule has 0 spiro atoms. The Balaban J connectivity index is 1.55. The van der Waals surface area contributed by atoms with Gasteiger partial charge in [-0.15, -0.1) is 0 Å². The number of hydrogen-bond donors (Lipinski definition) is 4. The fourth-order valence-corrected chi connectivity index (χ4v) is 7.35. The molecule has 9 nitrogen and oxygen atoms in total. The number of aliphatic hydroxyl groups excluding tert-OH is 2. The lowest BCUT2D eigenvalue weighted by molar-refractivity contribution is -0.165. The first-order chi connectivity index (χ1) is 20.5. The fraction of sp³-hybridized carbons (Fsp3) is 0.429. The second kappa shape index (κ2) is 10.7. The lowest BCUT2D eigenvalue weighted by Crippen LogP contribution is -2.65. The summed E-state index contributed by atoms with van der Waals surface area (Å²) in [6.45, 7) is 8.69. The number of phenolic OH excluding ortho intramolecular Hbond substituents is 1. The Morgan fingerprint density at radius 1 is 0.977 bits per heavy atom. The molecule has 0 amide bonds. The number of benzene rings is 2. The van der Waals surface area contributed by atoms with Crippen LogP contribution in [0, 0.1) is 16.7 Å². The topological polar surface area (TPSA) is 158 Å². The van der Waals surface area contributed by atoms with Gasteiger partial charge < -0.3 is 25.2 Å². The van der Waals surface area contributed by atoms with Crippen molar-refractivity contribution >= 4 is 29.1 Å². The third kappa shape index (κ3) is 4.74. The molecule has 3 aliphatic carbocycles. The van der Waals surface area contributed by atoms with Crippen LogP contribution in [0.4, 0.5) is 0 Å². The molecular weight excluding hydrogens is 564 g/mol. The molecule has 0 heterocycles. The molecular formula is C35H38O9. The van der Waals surface area contributed by atoms with Crippen molar-refractivity contribution in [2.24, 2.45) is 16.7 Å². The lowest BCUT2D eigenvalue weighted by atomic mass is 9.47. The van der Waals surface area contributed by atoms with Crippen LogP contribution in [0.1, 0.15) is 70.6 Å². The predicted octanol–water partition coefficient (Wildman–Crippen LogP) is 5.11. The van der Waals surface area contributed by atoms with Gasteiger partial charge in [0.25, 0.3) is 0 Å². The number of rotatable bonds is 7. The molecule has 0 unspecified atom stereocenters. The summed E-state index contributed by atoms with van der Waals surface area (Å²) in [5.74, 6) is -4.19. The maximum absolute atomic E-state index is 14.1. The van der Waals surface area contributed by atoms with Crippen LogP contribution < -0.4 is 0 Å². The number of aryl methyl sites for hydroxylation is 1. The van der Waals surface area contributed by atoms with Gasteiger partial charge in [0.1, 0.15) is 22.8 Å². The van der Waals surface area contributed by atoms with Crippen LogP contribution in [0.5, 0.6) is 5.75 Å². The Hall–Kier alpha value is -4.24. The molecule has 0 saturated heterocycles. The second-order valence-electron chi connectivity index (χ2n) is 13.4. The van der Waals surface area contributed by atoms with E-state index in [1.165, 1.54) is 13.0 Å². The van der Waals surface area contributed by atoms with Crippen molar-refractivity contribution in [3.05, 3.63) is 70.0 Å². The summed E-state index contributed by atoms with van der Waals surface area (Å²) in [5.41, 5.74) is -2.85. The van der Waals surface area contributed by atoms with E-state index in [4.69, 9.17) is 4.74 Å². The molecule has 3 aliphatic rings. The molecule has 0 radical (unpaired) electrons. The number of carbonyl (C=O) groups is 4. The summed E-state index contributed by atoms with van der Waals surface area (Å²) in [6.07, 6.45) is 0.628. The zero-order chi connectivity index (χ0) is 32.4. The number of aromatic hydroxyl groups is 1. The highest BCUT2D eigenvalue weighted by Gasteiger charge is 2.68. The van der Waals surface area contributed by atoms with Crippen molar-refractivity contribution in [1.29, 1.82) is 0 Å². The van der Waals surface area contributed by atoms with Crippen molar-refractivity contribution in [3.63, 3.8) is 0 Å². The Morgan fingerprint density at radius 3 is 2.25 bits per heavy atom. The average Bonchev–Trinajstić information content (AvgIpc) is 2.92. The highest BCUT2D eigenvalue weighted by atomic mass is 16.5. The smallest absolute Gasteiger partial charge is 0.306 e. The fourth-order valence-electron chi connectivity index (χ4n) is 7.35. The van der Waals surface area contributed by atoms with Gasteiger partial charge in [-0.25, -0.2) is 0 Å². The number of hydrogen-bond acceptors (Lipinski definition) is 9. The van der Waals surface area contributed by atoms with E-state index in [2.05, 4.69) is 0 Å². The molecule has 1 saturated carbocycles. The summed E-state index contributed by atoms with van der Waals surface area (Å²) in [6, 6.07) is 10.7. The van der Waals surface area contributed by atoms with Gasteiger partial charge in [-0.1, -0.05) is 58.0 Å². The van der Waals surface area contributed by atoms with E-state index in [-0.39, 0.29) is 54.5 Å². The van der Waals surface area contributed by atoms with E-state index in [9.17, 15) is 39.6 Å². The summed E-state index contributed by atoms with van der Waals surface area (Å²) in [7, 11) is 0. The molecule has 9 heteroatoms. The molecule has 2 aromatic rings. The Labute approximate surface area is 255 Å². The molecule has 0 aromatic heterocycles. The van der Waals surface area contributed by atoms with E-state index in [1.54, 1.807) is 13.0 Å². The molecule has 3 atom stereocenters. The van der Waals surface area contributed by atoms with Crippen molar-refractivity contribution < 1.29 is 44.3 Å². The number of ketones is 3. The molecule has 5 rings (SSSR count). The Morgan fingerprint density at radius 2 is 1.64 bits per heavy atom. The quantitative estimate of drug-likeness (QED) is 0.250.